The van der Waals surface area contributed by atoms with Gasteiger partial charge in [-0.05, 0) is 25.1 Å². The lowest BCUT2D eigenvalue weighted by Gasteiger charge is -2.04. The molecule has 0 fully saturated rings. The second kappa shape index (κ2) is 4.03. The van der Waals surface area contributed by atoms with Crippen molar-refractivity contribution in [3.05, 3.63) is 34.5 Å². The zero-order valence-corrected chi connectivity index (χ0v) is 9.56. The quantitative estimate of drug-likeness (QED) is 0.777. The van der Waals surface area contributed by atoms with Gasteiger partial charge in [-0.2, -0.15) is 13.2 Å². The van der Waals surface area contributed by atoms with Crippen molar-refractivity contribution in [3.63, 3.8) is 0 Å². The molecular formula is C11H8F3NOS. The van der Waals surface area contributed by atoms with Crippen LogP contribution in [0.4, 0.5) is 13.2 Å². The van der Waals surface area contributed by atoms with E-state index in [1.165, 1.54) is 30.4 Å². The molecule has 2 rings (SSSR count). The Bertz CT molecular complexity index is 582. The topological polar surface area (TPSA) is 33.1 Å². The third kappa shape index (κ3) is 2.58. The van der Waals surface area contributed by atoms with E-state index in [0.717, 1.165) is 12.1 Å². The lowest BCUT2D eigenvalue weighted by atomic mass is 10.2. The lowest BCUT2D eigenvalue weighted by Crippen LogP contribution is -2.03. The Balaban J connectivity index is 2.52. The number of nitrogens with zero attached hydrogens (tertiary/aromatic N) is 1. The first-order valence-electron chi connectivity index (χ1n) is 4.71. The molecule has 0 radical (unpaired) electrons. The van der Waals surface area contributed by atoms with Crippen LogP contribution in [0.3, 0.4) is 0 Å². The van der Waals surface area contributed by atoms with E-state index in [4.69, 9.17) is 5.11 Å². The van der Waals surface area contributed by atoms with Gasteiger partial charge in [0.1, 0.15) is 5.01 Å². The van der Waals surface area contributed by atoms with Gasteiger partial charge in [-0.25, -0.2) is 4.98 Å². The number of hydrogen-bond acceptors (Lipinski definition) is 3. The molecule has 0 saturated carbocycles. The number of fused-ring (bicyclic) bond motifs is 1. The molecule has 0 saturated heterocycles. The first-order chi connectivity index (χ1) is 7.86. The van der Waals surface area contributed by atoms with Crippen LogP contribution in [0, 0.1) is 0 Å². The minimum absolute atomic E-state index is 0.0695. The predicted molar refractivity (Wildman–Crippen MR) is 60.9 cm³/mol. The van der Waals surface area contributed by atoms with E-state index in [0.29, 0.717) is 9.71 Å². The molecule has 0 bridgehead atoms. The highest BCUT2D eigenvalue weighted by Crippen LogP contribution is 2.33. The molecule has 2 nitrogen and oxygen atoms in total. The number of halogens is 3. The van der Waals surface area contributed by atoms with Gasteiger partial charge in [0.15, 0.2) is 0 Å². The largest absolute Gasteiger partial charge is 0.513 e. The highest BCUT2D eigenvalue weighted by molar-refractivity contribution is 7.19. The molecule has 0 spiro atoms. The van der Waals surface area contributed by atoms with Crippen molar-refractivity contribution < 1.29 is 18.3 Å². The Morgan fingerprint density at radius 1 is 1.41 bits per heavy atom. The van der Waals surface area contributed by atoms with Gasteiger partial charge in [0.25, 0.3) is 0 Å². The normalized spacial score (nSPS) is 13.3. The average Bonchev–Trinajstić information content (AvgIpc) is 2.55. The fourth-order valence-corrected chi connectivity index (χ4v) is 2.31. The van der Waals surface area contributed by atoms with Crippen molar-refractivity contribution in [3.8, 4) is 0 Å². The molecule has 0 aliphatic carbocycles. The van der Waals surface area contributed by atoms with Gasteiger partial charge in [0, 0.05) is 6.08 Å². The van der Waals surface area contributed by atoms with Crippen molar-refractivity contribution in [2.75, 3.05) is 0 Å². The summed E-state index contributed by atoms with van der Waals surface area (Å²) < 4.78 is 38.0. The molecule has 0 aliphatic rings. The SMILES string of the molecule is C/C(O)=C/c1nc2cc(C(F)(F)F)ccc2s1. The van der Waals surface area contributed by atoms with Crippen molar-refractivity contribution >= 4 is 27.6 Å². The number of alkyl halides is 3. The Morgan fingerprint density at radius 2 is 2.12 bits per heavy atom. The first kappa shape index (κ1) is 11.9. The van der Waals surface area contributed by atoms with Crippen LogP contribution in [-0.4, -0.2) is 10.1 Å². The van der Waals surface area contributed by atoms with Crippen LogP contribution in [0.2, 0.25) is 0 Å². The molecule has 17 heavy (non-hydrogen) atoms. The van der Waals surface area contributed by atoms with E-state index in [2.05, 4.69) is 4.98 Å². The number of allylic oxidation sites excluding steroid dienone is 1. The van der Waals surface area contributed by atoms with Crippen molar-refractivity contribution in [2.45, 2.75) is 13.1 Å². The minimum Gasteiger partial charge on any atom is -0.513 e. The molecule has 0 amide bonds. The number of thiazole rings is 1. The van der Waals surface area contributed by atoms with Gasteiger partial charge < -0.3 is 5.11 Å². The average molecular weight is 259 g/mol. The van der Waals surface area contributed by atoms with E-state index >= 15 is 0 Å². The molecule has 90 valence electrons. The van der Waals surface area contributed by atoms with Gasteiger partial charge in [0.2, 0.25) is 0 Å². The molecule has 1 heterocycles. The second-order valence-electron chi connectivity index (χ2n) is 3.52. The van der Waals surface area contributed by atoms with E-state index in [9.17, 15) is 13.2 Å². The second-order valence-corrected chi connectivity index (χ2v) is 4.58. The number of hydrogen-bond donors (Lipinski definition) is 1. The highest BCUT2D eigenvalue weighted by Gasteiger charge is 2.30. The van der Waals surface area contributed by atoms with Crippen LogP contribution < -0.4 is 0 Å². The molecule has 0 atom stereocenters. The van der Waals surface area contributed by atoms with Gasteiger partial charge >= 0.3 is 6.18 Å². The summed E-state index contributed by atoms with van der Waals surface area (Å²) in [5, 5.41) is 9.55. The van der Waals surface area contributed by atoms with Crippen LogP contribution in [0.25, 0.3) is 16.3 Å². The maximum absolute atomic E-state index is 12.5. The fourth-order valence-electron chi connectivity index (χ4n) is 1.36. The summed E-state index contributed by atoms with van der Waals surface area (Å²) in [4.78, 5) is 4.01. The van der Waals surface area contributed by atoms with Gasteiger partial charge in [-0.1, -0.05) is 0 Å². The summed E-state index contributed by atoms with van der Waals surface area (Å²) in [6, 6.07) is 3.43. The number of rotatable bonds is 1. The van der Waals surface area contributed by atoms with E-state index in [1.54, 1.807) is 0 Å². The van der Waals surface area contributed by atoms with Gasteiger partial charge in [0.05, 0.1) is 21.5 Å². The number of aliphatic hydroxyl groups is 1. The number of aromatic nitrogens is 1. The Morgan fingerprint density at radius 3 is 2.71 bits per heavy atom. The molecule has 1 aromatic carbocycles. The van der Waals surface area contributed by atoms with E-state index < -0.39 is 11.7 Å². The lowest BCUT2D eigenvalue weighted by molar-refractivity contribution is -0.137. The van der Waals surface area contributed by atoms with Crippen LogP contribution in [-0.2, 0) is 6.18 Å². The Hall–Kier alpha value is -1.56. The van der Waals surface area contributed by atoms with Crippen molar-refractivity contribution in [2.24, 2.45) is 0 Å². The van der Waals surface area contributed by atoms with Gasteiger partial charge in [-0.3, -0.25) is 0 Å². The fraction of sp³-hybridized carbons (Fsp3) is 0.182. The van der Waals surface area contributed by atoms with Crippen LogP contribution >= 0.6 is 11.3 Å². The third-order valence-corrected chi connectivity index (χ3v) is 3.05. The standard InChI is InChI=1S/C11H8F3NOS/c1-6(16)4-10-15-8-5-7(11(12,13)14)2-3-9(8)17-10/h2-5,16H,1H3/b6-4-. The van der Waals surface area contributed by atoms with Crippen LogP contribution in [0.1, 0.15) is 17.5 Å². The van der Waals surface area contributed by atoms with Crippen molar-refractivity contribution in [1.29, 1.82) is 0 Å². The first-order valence-corrected chi connectivity index (χ1v) is 5.53. The Labute approximate surface area is 99.0 Å². The zero-order chi connectivity index (χ0) is 12.6. The zero-order valence-electron chi connectivity index (χ0n) is 8.75. The third-order valence-electron chi connectivity index (χ3n) is 2.06. The number of benzene rings is 1. The van der Waals surface area contributed by atoms with Crippen LogP contribution in [0.5, 0.6) is 0 Å². The maximum Gasteiger partial charge on any atom is 0.416 e. The van der Waals surface area contributed by atoms with Gasteiger partial charge in [-0.15, -0.1) is 11.3 Å². The van der Waals surface area contributed by atoms with E-state index in [1.807, 2.05) is 0 Å². The monoisotopic (exact) mass is 259 g/mol. The molecule has 0 aliphatic heterocycles. The summed E-state index contributed by atoms with van der Waals surface area (Å²) in [6.45, 7) is 1.48. The predicted octanol–water partition coefficient (Wildman–Crippen LogP) is 4.23. The van der Waals surface area contributed by atoms with E-state index in [-0.39, 0.29) is 11.3 Å². The smallest absolute Gasteiger partial charge is 0.416 e. The summed E-state index contributed by atoms with van der Waals surface area (Å²) in [6.07, 6.45) is -2.95. The molecule has 1 N–H and O–H groups in total. The molecule has 1 aromatic heterocycles. The number of aliphatic hydroxyl groups excluding tert-OH is 1. The highest BCUT2D eigenvalue weighted by atomic mass is 32.1. The maximum atomic E-state index is 12.5. The Kier molecular flexibility index (Phi) is 2.82. The summed E-state index contributed by atoms with van der Waals surface area (Å²) in [5.41, 5.74) is -0.427. The molecule has 6 heteroatoms. The molecule has 2 aromatic rings. The minimum atomic E-state index is -4.36. The molecular weight excluding hydrogens is 251 g/mol. The van der Waals surface area contributed by atoms with Crippen LogP contribution in [0.15, 0.2) is 24.0 Å². The summed E-state index contributed by atoms with van der Waals surface area (Å²) in [5.74, 6) is 0.0695. The van der Waals surface area contributed by atoms with Crippen molar-refractivity contribution in [1.82, 2.24) is 4.98 Å². The summed E-state index contributed by atoms with van der Waals surface area (Å²) >= 11 is 1.23. The molecule has 0 unspecified atom stereocenters. The summed E-state index contributed by atoms with van der Waals surface area (Å²) in [7, 11) is 0.